The van der Waals surface area contributed by atoms with Crippen molar-refractivity contribution < 1.29 is 14.3 Å². The minimum Gasteiger partial charge on any atom is -0.465 e. The summed E-state index contributed by atoms with van der Waals surface area (Å²) in [5.74, 6) is 5.12. The van der Waals surface area contributed by atoms with Crippen LogP contribution in [0.2, 0.25) is 0 Å². The standard InChI is InChI=1S/C9H16N6O3/c1-3-17-6(16)5-11-7-12-8(15-10)14-9(13-7)18-4-2/h3-5,10H2,1-2H3,(H2,11,12,13,14,15). The van der Waals surface area contributed by atoms with Crippen LogP contribution in [0.1, 0.15) is 13.8 Å². The monoisotopic (exact) mass is 256 g/mol. The molecular weight excluding hydrogens is 240 g/mol. The van der Waals surface area contributed by atoms with Gasteiger partial charge in [-0.15, -0.1) is 0 Å². The lowest BCUT2D eigenvalue weighted by atomic mass is 10.6. The summed E-state index contributed by atoms with van der Waals surface area (Å²) in [5, 5.41) is 2.69. The SMILES string of the molecule is CCOC(=O)CNc1nc(NN)nc(OCC)n1. The Kier molecular flexibility index (Phi) is 5.58. The summed E-state index contributed by atoms with van der Waals surface area (Å²) in [6.07, 6.45) is 0. The fourth-order valence-corrected chi connectivity index (χ4v) is 1.06. The fraction of sp³-hybridized carbons (Fsp3) is 0.556. The number of nitrogens with one attached hydrogen (secondary N) is 2. The Hall–Kier alpha value is -2.16. The number of carbonyl (C=O) groups excluding carboxylic acids is 1. The van der Waals surface area contributed by atoms with Gasteiger partial charge in [-0.1, -0.05) is 0 Å². The fourth-order valence-electron chi connectivity index (χ4n) is 1.06. The van der Waals surface area contributed by atoms with E-state index in [1.807, 2.05) is 0 Å². The van der Waals surface area contributed by atoms with Gasteiger partial charge in [0.05, 0.1) is 13.2 Å². The van der Waals surface area contributed by atoms with Crippen LogP contribution in [0.5, 0.6) is 6.01 Å². The minimum absolute atomic E-state index is 0.0482. The Labute approximate surface area is 104 Å². The van der Waals surface area contributed by atoms with E-state index in [2.05, 4.69) is 25.7 Å². The van der Waals surface area contributed by atoms with Crippen LogP contribution < -0.4 is 21.3 Å². The molecule has 1 rings (SSSR count). The van der Waals surface area contributed by atoms with Gasteiger partial charge in [-0.3, -0.25) is 10.2 Å². The highest BCUT2D eigenvalue weighted by Crippen LogP contribution is 2.09. The molecule has 100 valence electrons. The molecule has 0 radical (unpaired) electrons. The van der Waals surface area contributed by atoms with Crippen molar-refractivity contribution in [2.45, 2.75) is 13.8 Å². The van der Waals surface area contributed by atoms with Gasteiger partial charge >= 0.3 is 12.0 Å². The van der Waals surface area contributed by atoms with Gasteiger partial charge < -0.3 is 14.8 Å². The van der Waals surface area contributed by atoms with Crippen LogP contribution in [0.15, 0.2) is 0 Å². The topological polar surface area (TPSA) is 124 Å². The van der Waals surface area contributed by atoms with Crippen LogP contribution in [-0.2, 0) is 9.53 Å². The molecule has 0 saturated carbocycles. The Bertz CT molecular complexity index is 400. The normalized spacial score (nSPS) is 9.72. The molecule has 1 heterocycles. The lowest BCUT2D eigenvalue weighted by molar-refractivity contribution is -0.140. The smallest absolute Gasteiger partial charge is 0.325 e. The molecule has 0 saturated heterocycles. The van der Waals surface area contributed by atoms with E-state index >= 15 is 0 Å². The van der Waals surface area contributed by atoms with Crippen molar-refractivity contribution in [1.82, 2.24) is 15.0 Å². The number of nitrogens with zero attached hydrogens (tertiary/aromatic N) is 3. The first-order valence-corrected chi connectivity index (χ1v) is 5.44. The molecule has 0 atom stereocenters. The largest absolute Gasteiger partial charge is 0.465 e. The third-order valence-corrected chi connectivity index (χ3v) is 1.71. The Morgan fingerprint density at radius 2 is 1.94 bits per heavy atom. The molecule has 0 bridgehead atoms. The number of carbonyl (C=O) groups is 1. The summed E-state index contributed by atoms with van der Waals surface area (Å²) in [6.45, 7) is 4.20. The van der Waals surface area contributed by atoms with Gasteiger partial charge in [0.2, 0.25) is 11.9 Å². The molecule has 0 aliphatic heterocycles. The van der Waals surface area contributed by atoms with Gasteiger partial charge in [0.25, 0.3) is 0 Å². The molecule has 0 unspecified atom stereocenters. The van der Waals surface area contributed by atoms with E-state index in [0.717, 1.165) is 0 Å². The number of hydrazine groups is 1. The highest BCUT2D eigenvalue weighted by atomic mass is 16.5. The van der Waals surface area contributed by atoms with Gasteiger partial charge in [-0.25, -0.2) is 5.84 Å². The van der Waals surface area contributed by atoms with Gasteiger partial charge in [0, 0.05) is 0 Å². The summed E-state index contributed by atoms with van der Waals surface area (Å²) in [6, 6.07) is 0.117. The second-order valence-corrected chi connectivity index (χ2v) is 3.00. The number of anilines is 2. The highest BCUT2D eigenvalue weighted by Gasteiger charge is 2.08. The quantitative estimate of drug-likeness (QED) is 0.337. The van der Waals surface area contributed by atoms with Crippen molar-refractivity contribution in [3.8, 4) is 6.01 Å². The zero-order valence-electron chi connectivity index (χ0n) is 10.3. The van der Waals surface area contributed by atoms with E-state index in [1.165, 1.54) is 0 Å². The lowest BCUT2D eigenvalue weighted by Gasteiger charge is -2.08. The summed E-state index contributed by atoms with van der Waals surface area (Å²) in [7, 11) is 0. The minimum atomic E-state index is -0.405. The van der Waals surface area contributed by atoms with Gasteiger partial charge in [-0.2, -0.15) is 15.0 Å². The van der Waals surface area contributed by atoms with Crippen molar-refractivity contribution in [3.05, 3.63) is 0 Å². The second-order valence-electron chi connectivity index (χ2n) is 3.00. The summed E-state index contributed by atoms with van der Waals surface area (Å²) in [4.78, 5) is 22.9. The van der Waals surface area contributed by atoms with E-state index in [-0.39, 0.29) is 24.5 Å². The number of aromatic nitrogens is 3. The summed E-state index contributed by atoms with van der Waals surface area (Å²) >= 11 is 0. The number of hydrogen-bond donors (Lipinski definition) is 3. The molecule has 0 fully saturated rings. The third kappa shape index (κ3) is 4.37. The van der Waals surface area contributed by atoms with Crippen LogP contribution in [0.3, 0.4) is 0 Å². The van der Waals surface area contributed by atoms with E-state index in [0.29, 0.717) is 13.2 Å². The maximum Gasteiger partial charge on any atom is 0.325 e. The number of nitrogen functional groups attached to an aromatic ring is 1. The van der Waals surface area contributed by atoms with Crippen molar-refractivity contribution in [3.63, 3.8) is 0 Å². The molecular formula is C9H16N6O3. The van der Waals surface area contributed by atoms with E-state index in [4.69, 9.17) is 15.3 Å². The summed E-state index contributed by atoms with van der Waals surface area (Å²) < 4.78 is 9.88. The zero-order valence-corrected chi connectivity index (χ0v) is 10.3. The van der Waals surface area contributed by atoms with Gasteiger partial charge in [-0.05, 0) is 13.8 Å². The molecule has 0 spiro atoms. The molecule has 0 aliphatic carbocycles. The Balaban J connectivity index is 2.68. The predicted octanol–water partition coefficient (Wildman–Crippen LogP) is -0.469. The molecule has 1 aromatic rings. The maximum atomic E-state index is 11.2. The highest BCUT2D eigenvalue weighted by molar-refractivity contribution is 5.74. The molecule has 9 nitrogen and oxygen atoms in total. The van der Waals surface area contributed by atoms with Crippen molar-refractivity contribution in [2.75, 3.05) is 30.5 Å². The molecule has 0 aromatic carbocycles. The zero-order chi connectivity index (χ0) is 13.4. The first-order chi connectivity index (χ1) is 8.69. The maximum absolute atomic E-state index is 11.2. The van der Waals surface area contributed by atoms with Crippen LogP contribution in [-0.4, -0.2) is 40.7 Å². The molecule has 0 aliphatic rings. The average molecular weight is 256 g/mol. The van der Waals surface area contributed by atoms with Crippen molar-refractivity contribution >= 4 is 17.9 Å². The Morgan fingerprint density at radius 3 is 2.56 bits per heavy atom. The molecule has 0 amide bonds. The summed E-state index contributed by atoms with van der Waals surface area (Å²) in [5.41, 5.74) is 2.28. The molecule has 1 aromatic heterocycles. The van der Waals surface area contributed by atoms with Gasteiger partial charge in [0.15, 0.2) is 0 Å². The van der Waals surface area contributed by atoms with E-state index in [9.17, 15) is 4.79 Å². The van der Waals surface area contributed by atoms with Crippen LogP contribution in [0, 0.1) is 0 Å². The Morgan fingerprint density at radius 1 is 1.22 bits per heavy atom. The number of rotatable bonds is 7. The number of hydrogen-bond acceptors (Lipinski definition) is 9. The molecule has 9 heteroatoms. The van der Waals surface area contributed by atoms with E-state index in [1.54, 1.807) is 13.8 Å². The third-order valence-electron chi connectivity index (χ3n) is 1.71. The predicted molar refractivity (Wildman–Crippen MR) is 63.9 cm³/mol. The van der Waals surface area contributed by atoms with Gasteiger partial charge in [0.1, 0.15) is 6.54 Å². The molecule has 18 heavy (non-hydrogen) atoms. The number of nitrogens with two attached hydrogens (primary N) is 1. The first kappa shape index (κ1) is 13.9. The van der Waals surface area contributed by atoms with E-state index < -0.39 is 5.97 Å². The molecule has 4 N–H and O–H groups in total. The van der Waals surface area contributed by atoms with Crippen molar-refractivity contribution in [1.29, 1.82) is 0 Å². The van der Waals surface area contributed by atoms with Crippen molar-refractivity contribution in [2.24, 2.45) is 5.84 Å². The van der Waals surface area contributed by atoms with Crippen LogP contribution in [0.25, 0.3) is 0 Å². The van der Waals surface area contributed by atoms with Crippen LogP contribution in [0.4, 0.5) is 11.9 Å². The lowest BCUT2D eigenvalue weighted by Crippen LogP contribution is -2.20. The average Bonchev–Trinajstić information content (AvgIpc) is 2.37. The first-order valence-electron chi connectivity index (χ1n) is 5.44. The second kappa shape index (κ2) is 7.22. The number of esters is 1. The van der Waals surface area contributed by atoms with Crippen LogP contribution >= 0.6 is 0 Å². The number of ether oxygens (including phenoxy) is 2.